The van der Waals surface area contributed by atoms with E-state index < -0.39 is 28.9 Å². The predicted molar refractivity (Wildman–Crippen MR) is 187 cm³/mol. The summed E-state index contributed by atoms with van der Waals surface area (Å²) in [5, 5.41) is 23.3. The van der Waals surface area contributed by atoms with E-state index in [2.05, 4.69) is 69.3 Å². The van der Waals surface area contributed by atoms with E-state index in [4.69, 9.17) is 9.15 Å². The smallest absolute Gasteiger partial charge is 0.323 e. The monoisotopic (exact) mass is 694 g/mol. The van der Waals surface area contributed by atoms with Gasteiger partial charge in [0.1, 0.15) is 11.9 Å². The lowest BCUT2D eigenvalue weighted by Crippen LogP contribution is -2.65. The van der Waals surface area contributed by atoms with E-state index in [-0.39, 0.29) is 57.8 Å². The van der Waals surface area contributed by atoms with E-state index in [1.165, 1.54) is 5.57 Å². The lowest BCUT2D eigenvalue weighted by Gasteiger charge is -2.70. The number of hydrogen-bond donors (Lipinski definition) is 3. The molecule has 5 aliphatic carbocycles. The summed E-state index contributed by atoms with van der Waals surface area (Å²) >= 11 is 0. The fourth-order valence-corrected chi connectivity index (χ4v) is 12.2. The van der Waals surface area contributed by atoms with Crippen molar-refractivity contribution in [3.8, 4) is 0 Å². The molecule has 1 aromatic rings. The van der Waals surface area contributed by atoms with Gasteiger partial charge in [-0.2, -0.15) is 0 Å². The van der Waals surface area contributed by atoms with Crippen molar-refractivity contribution in [1.29, 1.82) is 0 Å². The van der Waals surface area contributed by atoms with Gasteiger partial charge >= 0.3 is 24.0 Å². The van der Waals surface area contributed by atoms with Crippen molar-refractivity contribution in [2.45, 2.75) is 145 Å². The van der Waals surface area contributed by atoms with Gasteiger partial charge in [-0.25, -0.2) is 4.79 Å². The molecule has 5 aliphatic rings. The second-order valence-corrected chi connectivity index (χ2v) is 18.7. The fraction of sp³-hybridized carbons (Fsp3) is 0.795. The van der Waals surface area contributed by atoms with Crippen LogP contribution in [0, 0.1) is 57.7 Å². The highest BCUT2D eigenvalue weighted by atomic mass is 16.5. The molecule has 0 aliphatic heterocycles. The van der Waals surface area contributed by atoms with Gasteiger partial charge in [0.05, 0.1) is 17.4 Å². The summed E-state index contributed by atoms with van der Waals surface area (Å²) in [6.45, 7) is 20.9. The Morgan fingerprint density at radius 3 is 2.32 bits per heavy atom. The first-order valence-corrected chi connectivity index (χ1v) is 18.7. The van der Waals surface area contributed by atoms with Crippen molar-refractivity contribution >= 4 is 29.8 Å². The van der Waals surface area contributed by atoms with Gasteiger partial charge in [-0.15, -0.1) is 5.10 Å². The van der Waals surface area contributed by atoms with Crippen LogP contribution in [0.2, 0.25) is 0 Å². The standard InChI is InChI=1S/C39H58N4O7/c1-21(2)29-24(44)19-39(41-32(48)40-33-43-42-22(3)49-33)18-17-37(9)23(30(29)39)11-12-26-36(8)15-14-27(50-28(45)20-34(4,5)31(46)47)35(6,7)25(36)13-16-38(26,37)10/h21,25-27,29H,11-20H2,1-10H3,(H,46,47)(H2,40,41,43,48)/t25?,26?,27-,29?,36-,37+,38+,39+/m0/s1. The molecule has 11 nitrogen and oxygen atoms in total. The molecule has 4 fully saturated rings. The maximum Gasteiger partial charge on any atom is 0.323 e. The molecule has 0 radical (unpaired) electrons. The molecule has 8 atom stereocenters. The lowest BCUT2D eigenvalue weighted by atomic mass is 9.34. The van der Waals surface area contributed by atoms with Gasteiger partial charge in [-0.3, -0.25) is 19.7 Å². The number of ether oxygens (including phenoxy) is 1. The first-order valence-electron chi connectivity index (χ1n) is 18.7. The van der Waals surface area contributed by atoms with E-state index in [1.54, 1.807) is 20.8 Å². The summed E-state index contributed by atoms with van der Waals surface area (Å²) in [5.41, 5.74) is 0.198. The summed E-state index contributed by atoms with van der Waals surface area (Å²) in [6, 6.07) is -0.405. The number of anilines is 1. The Bertz CT molecular complexity index is 1630. The topological polar surface area (TPSA) is 161 Å². The zero-order valence-electron chi connectivity index (χ0n) is 31.7. The number of aliphatic carboxylic acids is 1. The maximum atomic E-state index is 13.9. The van der Waals surface area contributed by atoms with Crippen LogP contribution in [0.25, 0.3) is 0 Å². The Kier molecular flexibility index (Phi) is 8.70. The average molecular weight is 695 g/mol. The van der Waals surface area contributed by atoms with E-state index in [1.807, 2.05) is 0 Å². The molecule has 3 N–H and O–H groups in total. The SMILES string of the molecule is Cc1nnc(NC(=O)N[C@@]23CC[C@]4(C)C(=C2C(C(C)C)C(=O)C3)CCC2[C@@]3(C)CC[C@H](OC(=O)CC(C)(C)C(=O)O)C(C)(C)C3CC[C@]24C)o1. The first-order chi connectivity index (χ1) is 23.1. The number of carboxylic acid groups (broad SMARTS) is 1. The minimum Gasteiger partial charge on any atom is -0.481 e. The number of carbonyl (C=O) groups is 4. The van der Waals surface area contributed by atoms with Crippen LogP contribution < -0.4 is 10.6 Å². The molecule has 50 heavy (non-hydrogen) atoms. The predicted octanol–water partition coefficient (Wildman–Crippen LogP) is 7.65. The number of Topliss-reactive ketones (excluding diaryl/α,β-unsaturated/α-hetero) is 1. The molecule has 276 valence electrons. The largest absolute Gasteiger partial charge is 0.481 e. The number of allylic oxidation sites excluding steroid dienone is 1. The van der Waals surface area contributed by atoms with Gasteiger partial charge < -0.3 is 19.6 Å². The van der Waals surface area contributed by atoms with Crippen molar-refractivity contribution in [1.82, 2.24) is 15.5 Å². The highest BCUT2D eigenvalue weighted by Crippen LogP contribution is 2.75. The van der Waals surface area contributed by atoms with Crippen LogP contribution in [0.15, 0.2) is 15.6 Å². The minimum atomic E-state index is -1.18. The molecule has 1 aromatic heterocycles. The Morgan fingerprint density at radius 1 is 1.00 bits per heavy atom. The van der Waals surface area contributed by atoms with Gasteiger partial charge in [0.2, 0.25) is 5.89 Å². The number of carboxylic acids is 1. The lowest BCUT2D eigenvalue weighted by molar-refractivity contribution is -0.214. The van der Waals surface area contributed by atoms with E-state index in [9.17, 15) is 24.3 Å². The van der Waals surface area contributed by atoms with Gasteiger partial charge in [-0.1, -0.05) is 59.1 Å². The summed E-state index contributed by atoms with van der Waals surface area (Å²) in [5.74, 6) is -0.244. The number of fused-ring (bicyclic) bond motifs is 6. The van der Waals surface area contributed by atoms with Crippen LogP contribution in [0.4, 0.5) is 10.8 Å². The molecular weight excluding hydrogens is 636 g/mol. The van der Waals surface area contributed by atoms with Crippen LogP contribution in [0.3, 0.4) is 0 Å². The number of rotatable bonds is 7. The van der Waals surface area contributed by atoms with Crippen LogP contribution in [0.1, 0.15) is 132 Å². The third kappa shape index (κ3) is 5.42. The molecule has 0 bridgehead atoms. The van der Waals surface area contributed by atoms with Crippen molar-refractivity contribution in [3.05, 3.63) is 17.0 Å². The number of aryl methyl sites for hydroxylation is 1. The summed E-state index contributed by atoms with van der Waals surface area (Å²) < 4.78 is 11.5. The molecule has 3 unspecified atom stereocenters. The van der Waals surface area contributed by atoms with E-state index in [0.717, 1.165) is 50.5 Å². The number of ketones is 1. The van der Waals surface area contributed by atoms with Gasteiger partial charge in [0.25, 0.3) is 0 Å². The molecule has 4 saturated carbocycles. The Hall–Kier alpha value is -3.24. The highest BCUT2D eigenvalue weighted by molar-refractivity contribution is 5.94. The highest BCUT2D eigenvalue weighted by Gasteiger charge is 2.69. The maximum absolute atomic E-state index is 13.9. The third-order valence-corrected chi connectivity index (χ3v) is 14.8. The van der Waals surface area contributed by atoms with Crippen LogP contribution in [-0.2, 0) is 19.1 Å². The van der Waals surface area contributed by atoms with Crippen LogP contribution in [0.5, 0.6) is 0 Å². The third-order valence-electron chi connectivity index (χ3n) is 14.8. The molecule has 0 saturated heterocycles. The van der Waals surface area contributed by atoms with E-state index >= 15 is 0 Å². The molecular formula is C39H58N4O7. The molecule has 0 spiro atoms. The Labute approximate surface area is 296 Å². The number of urea groups is 1. The zero-order valence-corrected chi connectivity index (χ0v) is 31.7. The van der Waals surface area contributed by atoms with Crippen molar-refractivity contribution < 1.29 is 33.4 Å². The summed E-state index contributed by atoms with van der Waals surface area (Å²) in [7, 11) is 0. The molecule has 0 aromatic carbocycles. The number of nitrogens with zero attached hydrogens (tertiary/aromatic N) is 2. The number of aromatic nitrogens is 2. The first kappa shape index (κ1) is 36.5. The van der Waals surface area contributed by atoms with E-state index in [0.29, 0.717) is 30.6 Å². The van der Waals surface area contributed by atoms with Crippen molar-refractivity contribution in [2.75, 3.05) is 5.32 Å². The number of nitrogens with one attached hydrogen (secondary N) is 2. The normalized spacial score (nSPS) is 37.7. The van der Waals surface area contributed by atoms with Gasteiger partial charge in [0.15, 0.2) is 0 Å². The molecule has 11 heteroatoms. The second-order valence-electron chi connectivity index (χ2n) is 18.7. The van der Waals surface area contributed by atoms with Crippen LogP contribution >= 0.6 is 0 Å². The number of esters is 1. The second kappa shape index (κ2) is 11.9. The fourth-order valence-electron chi connectivity index (χ4n) is 12.2. The quantitative estimate of drug-likeness (QED) is 0.192. The zero-order chi connectivity index (χ0) is 36.8. The summed E-state index contributed by atoms with van der Waals surface area (Å²) in [4.78, 5) is 52.1. The van der Waals surface area contributed by atoms with Crippen molar-refractivity contribution in [2.24, 2.45) is 50.7 Å². The van der Waals surface area contributed by atoms with Gasteiger partial charge in [0, 0.05) is 24.7 Å². The average Bonchev–Trinajstić information content (AvgIpc) is 3.53. The minimum absolute atomic E-state index is 0.0210. The number of amides is 2. The van der Waals surface area contributed by atoms with Crippen molar-refractivity contribution in [3.63, 3.8) is 0 Å². The van der Waals surface area contributed by atoms with Crippen LogP contribution in [-0.4, -0.2) is 50.7 Å². The Morgan fingerprint density at radius 2 is 1.70 bits per heavy atom. The Balaban J connectivity index is 1.31. The van der Waals surface area contributed by atoms with Gasteiger partial charge in [-0.05, 0) is 105 Å². The summed E-state index contributed by atoms with van der Waals surface area (Å²) in [6.07, 6.45) is 7.06. The molecule has 6 rings (SSSR count). The molecule has 1 heterocycles. The molecule has 2 amide bonds. The number of carbonyl (C=O) groups excluding carboxylic acids is 3. The number of hydrogen-bond acceptors (Lipinski definition) is 8.